The molecule has 0 unspecified atom stereocenters. The van der Waals surface area contributed by atoms with Gasteiger partial charge in [0.2, 0.25) is 5.95 Å². The van der Waals surface area contributed by atoms with Crippen LogP contribution in [0.15, 0.2) is 60.0 Å². The average molecular weight is 548 g/mol. The minimum atomic E-state index is 0. The van der Waals surface area contributed by atoms with Gasteiger partial charge in [-0.25, -0.2) is 9.97 Å². The SMILES string of the molecule is CN=C(NCCCn1ccc2ccccc21)NCCN1CCN(c2ncccn2)CC1.I. The zero-order valence-corrected chi connectivity index (χ0v) is 21.0. The van der Waals surface area contributed by atoms with Gasteiger partial charge in [-0.05, 0) is 30.0 Å². The number of halogens is 1. The molecule has 4 rings (SSSR count). The third-order valence-electron chi connectivity index (χ3n) is 5.70. The van der Waals surface area contributed by atoms with Crippen molar-refractivity contribution in [1.82, 2.24) is 30.1 Å². The molecule has 0 saturated carbocycles. The summed E-state index contributed by atoms with van der Waals surface area (Å²) in [7, 11) is 1.83. The molecule has 2 N–H and O–H groups in total. The van der Waals surface area contributed by atoms with Gasteiger partial charge in [-0.3, -0.25) is 9.89 Å². The summed E-state index contributed by atoms with van der Waals surface area (Å²) in [6.45, 7) is 7.74. The Morgan fingerprint density at radius 3 is 2.47 bits per heavy atom. The third-order valence-corrected chi connectivity index (χ3v) is 5.70. The maximum Gasteiger partial charge on any atom is 0.225 e. The number of guanidine groups is 1. The number of piperazine rings is 1. The van der Waals surface area contributed by atoms with E-state index in [9.17, 15) is 0 Å². The third kappa shape index (κ3) is 6.55. The van der Waals surface area contributed by atoms with E-state index in [1.165, 1.54) is 10.9 Å². The minimum absolute atomic E-state index is 0. The predicted octanol–water partition coefficient (Wildman–Crippen LogP) is 2.43. The van der Waals surface area contributed by atoms with Crippen LogP contribution in [0.4, 0.5) is 5.95 Å². The molecule has 172 valence electrons. The standard InChI is InChI=1S/C23H32N8.HI/c1-24-22(25-11-5-13-30-14-8-20-6-2-3-7-21(20)30)26-12-15-29-16-18-31(19-17-29)23-27-9-4-10-28-23;/h2-4,6-10,14H,5,11-13,15-19H2,1H3,(H2,24,25,26);1H. The fourth-order valence-electron chi connectivity index (χ4n) is 3.97. The molecule has 8 nitrogen and oxygen atoms in total. The molecule has 2 aromatic heterocycles. The lowest BCUT2D eigenvalue weighted by Crippen LogP contribution is -2.49. The van der Waals surface area contributed by atoms with Crippen LogP contribution < -0.4 is 15.5 Å². The molecule has 0 aliphatic carbocycles. The summed E-state index contributed by atoms with van der Waals surface area (Å²) in [4.78, 5) is 17.8. The predicted molar refractivity (Wildman–Crippen MR) is 142 cm³/mol. The largest absolute Gasteiger partial charge is 0.356 e. The van der Waals surface area contributed by atoms with Gasteiger partial charge in [0.25, 0.3) is 0 Å². The van der Waals surface area contributed by atoms with Crippen LogP contribution in [0.2, 0.25) is 0 Å². The molecule has 3 aromatic rings. The van der Waals surface area contributed by atoms with Crippen molar-refractivity contribution in [3.8, 4) is 0 Å². The molecule has 1 aromatic carbocycles. The second-order valence-electron chi connectivity index (χ2n) is 7.72. The zero-order chi connectivity index (χ0) is 21.3. The summed E-state index contributed by atoms with van der Waals surface area (Å²) in [6, 6.07) is 12.5. The van der Waals surface area contributed by atoms with Crippen LogP contribution in [0, 0.1) is 0 Å². The van der Waals surface area contributed by atoms with Crippen LogP contribution in [-0.4, -0.2) is 78.3 Å². The maximum atomic E-state index is 4.35. The van der Waals surface area contributed by atoms with E-state index < -0.39 is 0 Å². The van der Waals surface area contributed by atoms with Gasteiger partial charge in [0, 0.05) is 83.5 Å². The molecule has 0 atom stereocenters. The number of para-hydroxylation sites is 1. The molecule has 3 heterocycles. The van der Waals surface area contributed by atoms with Gasteiger partial charge in [0.05, 0.1) is 0 Å². The lowest BCUT2D eigenvalue weighted by Gasteiger charge is -2.34. The van der Waals surface area contributed by atoms with Crippen LogP contribution >= 0.6 is 24.0 Å². The summed E-state index contributed by atoms with van der Waals surface area (Å²) >= 11 is 0. The second-order valence-corrected chi connectivity index (χ2v) is 7.72. The molecular formula is C23H33IN8. The highest BCUT2D eigenvalue weighted by Gasteiger charge is 2.18. The number of nitrogens with zero attached hydrogens (tertiary/aromatic N) is 6. The van der Waals surface area contributed by atoms with Crippen molar-refractivity contribution in [2.45, 2.75) is 13.0 Å². The van der Waals surface area contributed by atoms with Gasteiger partial charge in [0.1, 0.15) is 0 Å². The summed E-state index contributed by atoms with van der Waals surface area (Å²) in [6.07, 6.45) is 6.82. The van der Waals surface area contributed by atoms with Gasteiger partial charge in [0.15, 0.2) is 5.96 Å². The summed E-state index contributed by atoms with van der Waals surface area (Å²) < 4.78 is 2.31. The Bertz CT molecular complexity index is 966. The van der Waals surface area contributed by atoms with E-state index in [0.717, 1.165) is 70.7 Å². The highest BCUT2D eigenvalue weighted by Crippen LogP contribution is 2.15. The van der Waals surface area contributed by atoms with E-state index in [4.69, 9.17) is 0 Å². The number of benzene rings is 1. The van der Waals surface area contributed by atoms with Crippen LogP contribution in [-0.2, 0) is 6.54 Å². The van der Waals surface area contributed by atoms with Crippen molar-refractivity contribution in [3.05, 3.63) is 55.0 Å². The van der Waals surface area contributed by atoms with Crippen LogP contribution in [0.1, 0.15) is 6.42 Å². The molecule has 1 fully saturated rings. The van der Waals surface area contributed by atoms with E-state index in [0.29, 0.717) is 0 Å². The van der Waals surface area contributed by atoms with E-state index in [1.54, 1.807) is 12.4 Å². The number of anilines is 1. The number of rotatable bonds is 8. The zero-order valence-electron chi connectivity index (χ0n) is 18.7. The van der Waals surface area contributed by atoms with Crippen molar-refractivity contribution < 1.29 is 0 Å². The van der Waals surface area contributed by atoms with E-state index >= 15 is 0 Å². The first-order valence-corrected chi connectivity index (χ1v) is 11.1. The first kappa shape index (κ1) is 24.2. The van der Waals surface area contributed by atoms with Crippen molar-refractivity contribution in [1.29, 1.82) is 0 Å². The number of fused-ring (bicyclic) bond motifs is 1. The summed E-state index contributed by atoms with van der Waals surface area (Å²) in [5.41, 5.74) is 1.30. The minimum Gasteiger partial charge on any atom is -0.356 e. The van der Waals surface area contributed by atoms with Crippen LogP contribution in [0.5, 0.6) is 0 Å². The molecule has 32 heavy (non-hydrogen) atoms. The fraction of sp³-hybridized carbons (Fsp3) is 0.435. The number of aryl methyl sites for hydroxylation is 1. The van der Waals surface area contributed by atoms with Crippen LogP contribution in [0.25, 0.3) is 10.9 Å². The molecule has 1 aliphatic heterocycles. The molecule has 9 heteroatoms. The molecule has 0 spiro atoms. The monoisotopic (exact) mass is 548 g/mol. The fourth-order valence-corrected chi connectivity index (χ4v) is 3.97. The van der Waals surface area contributed by atoms with Crippen molar-refractivity contribution in [3.63, 3.8) is 0 Å². The van der Waals surface area contributed by atoms with Gasteiger partial charge in [-0.1, -0.05) is 18.2 Å². The Labute approximate surface area is 207 Å². The normalized spacial score (nSPS) is 14.9. The first-order valence-electron chi connectivity index (χ1n) is 11.1. The second kappa shape index (κ2) is 12.6. The summed E-state index contributed by atoms with van der Waals surface area (Å²) in [5.74, 6) is 1.70. The van der Waals surface area contributed by atoms with Gasteiger partial charge in [-0.15, -0.1) is 24.0 Å². The highest BCUT2D eigenvalue weighted by atomic mass is 127. The topological polar surface area (TPSA) is 73.6 Å². The van der Waals surface area contributed by atoms with E-state index in [-0.39, 0.29) is 24.0 Å². The number of nitrogens with one attached hydrogen (secondary N) is 2. The molecule has 1 saturated heterocycles. The Morgan fingerprint density at radius 2 is 1.69 bits per heavy atom. The lowest BCUT2D eigenvalue weighted by atomic mass is 10.2. The highest BCUT2D eigenvalue weighted by molar-refractivity contribution is 14.0. The van der Waals surface area contributed by atoms with E-state index in [2.05, 4.69) is 76.5 Å². The number of aromatic nitrogens is 3. The average Bonchev–Trinajstić information content (AvgIpc) is 3.25. The summed E-state index contributed by atoms with van der Waals surface area (Å²) in [5, 5.41) is 8.16. The van der Waals surface area contributed by atoms with E-state index in [1.807, 2.05) is 13.1 Å². The van der Waals surface area contributed by atoms with Crippen molar-refractivity contribution in [2.24, 2.45) is 4.99 Å². The quantitative estimate of drug-likeness (QED) is 0.195. The molecule has 0 amide bonds. The van der Waals surface area contributed by atoms with Crippen molar-refractivity contribution in [2.75, 3.05) is 57.8 Å². The number of hydrogen-bond donors (Lipinski definition) is 2. The Kier molecular flexibility index (Phi) is 9.54. The lowest BCUT2D eigenvalue weighted by molar-refractivity contribution is 0.260. The van der Waals surface area contributed by atoms with Gasteiger partial charge in [-0.2, -0.15) is 0 Å². The Morgan fingerprint density at radius 1 is 0.938 bits per heavy atom. The van der Waals surface area contributed by atoms with Crippen molar-refractivity contribution >= 4 is 46.8 Å². The van der Waals surface area contributed by atoms with Gasteiger partial charge >= 0.3 is 0 Å². The first-order chi connectivity index (χ1) is 15.3. The molecule has 1 aliphatic rings. The molecular weight excluding hydrogens is 515 g/mol. The molecule has 0 radical (unpaired) electrons. The Hall–Kier alpha value is -2.40. The maximum absolute atomic E-state index is 4.35. The van der Waals surface area contributed by atoms with Gasteiger partial charge < -0.3 is 20.1 Å². The molecule has 0 bridgehead atoms. The van der Waals surface area contributed by atoms with Crippen LogP contribution in [0.3, 0.4) is 0 Å². The number of aliphatic imine (C=N–C) groups is 1. The smallest absolute Gasteiger partial charge is 0.225 e. The Balaban J connectivity index is 0.00000289. The number of hydrogen-bond acceptors (Lipinski definition) is 5.